The maximum Gasteiger partial charge on any atom is 0.485 e. The standard InChI is InChI=1S/C7H18NO3.CHF3O3S/c1-8(2-5-9,3-6-10)4-7-11;2-1(3,4)8(5,6)7/h9-11H,2-7H2,1H3;(H,5,6,7)/q+1;/p-1. The van der Waals surface area contributed by atoms with E-state index in [1.807, 2.05) is 7.05 Å². The van der Waals surface area contributed by atoms with Crippen molar-refractivity contribution in [3.8, 4) is 0 Å². The highest BCUT2D eigenvalue weighted by molar-refractivity contribution is 7.86. The van der Waals surface area contributed by atoms with Crippen molar-refractivity contribution in [1.29, 1.82) is 0 Å². The average Bonchev–Trinajstić information content (AvgIpc) is 2.15. The Hall–Kier alpha value is -0.460. The van der Waals surface area contributed by atoms with Gasteiger partial charge in [-0.05, 0) is 0 Å². The summed E-state index contributed by atoms with van der Waals surface area (Å²) in [5.41, 5.74) is -5.65. The SMILES string of the molecule is C[N+](CCO)(CCO)CCO.O=S(=O)([O-])C(F)(F)F. The number of nitrogens with zero attached hydrogens (tertiary/aromatic N) is 1. The first-order valence-electron chi connectivity index (χ1n) is 5.12. The molecule has 11 heteroatoms. The Morgan fingerprint density at radius 1 is 1.00 bits per heavy atom. The molecule has 0 aliphatic rings. The fraction of sp³-hybridized carbons (Fsp3) is 1.00. The lowest BCUT2D eigenvalue weighted by molar-refractivity contribution is -0.910. The van der Waals surface area contributed by atoms with Crippen LogP contribution in [0, 0.1) is 0 Å². The molecule has 0 aliphatic carbocycles. The van der Waals surface area contributed by atoms with Crippen LogP contribution in [0.25, 0.3) is 0 Å². The summed E-state index contributed by atoms with van der Waals surface area (Å²) < 4.78 is 59.4. The van der Waals surface area contributed by atoms with Crippen LogP contribution in [0.4, 0.5) is 13.2 Å². The van der Waals surface area contributed by atoms with Crippen molar-refractivity contribution in [1.82, 2.24) is 0 Å². The van der Waals surface area contributed by atoms with Crippen molar-refractivity contribution in [2.24, 2.45) is 0 Å². The fourth-order valence-electron chi connectivity index (χ4n) is 1.06. The van der Waals surface area contributed by atoms with Crippen LogP contribution >= 0.6 is 0 Å². The Labute approximate surface area is 109 Å². The smallest absolute Gasteiger partial charge is 0.485 e. The molecule has 0 heterocycles. The van der Waals surface area contributed by atoms with Gasteiger partial charge in [0.2, 0.25) is 0 Å². The van der Waals surface area contributed by atoms with E-state index in [-0.39, 0.29) is 19.8 Å². The summed E-state index contributed by atoms with van der Waals surface area (Å²) in [4.78, 5) is 0. The predicted molar refractivity (Wildman–Crippen MR) is 57.8 cm³/mol. The fourth-order valence-corrected chi connectivity index (χ4v) is 1.06. The van der Waals surface area contributed by atoms with Gasteiger partial charge in [0.15, 0.2) is 10.1 Å². The summed E-state index contributed by atoms with van der Waals surface area (Å²) in [6.07, 6.45) is 0. The van der Waals surface area contributed by atoms with Gasteiger partial charge in [-0.15, -0.1) is 0 Å². The van der Waals surface area contributed by atoms with Gasteiger partial charge in [-0.1, -0.05) is 0 Å². The van der Waals surface area contributed by atoms with Gasteiger partial charge in [-0.2, -0.15) is 13.2 Å². The maximum absolute atomic E-state index is 10.7. The van der Waals surface area contributed by atoms with Crippen LogP contribution in [0.3, 0.4) is 0 Å². The van der Waals surface area contributed by atoms with Crippen LogP contribution in [0.5, 0.6) is 0 Å². The Balaban J connectivity index is 0. The predicted octanol–water partition coefficient (Wildman–Crippen LogP) is -1.54. The van der Waals surface area contributed by atoms with Gasteiger partial charge in [-0.3, -0.25) is 0 Å². The molecule has 0 amide bonds. The summed E-state index contributed by atoms with van der Waals surface area (Å²) in [6.45, 7) is 2.03. The monoisotopic (exact) mass is 313 g/mol. The molecule has 0 unspecified atom stereocenters. The van der Waals surface area contributed by atoms with E-state index in [0.717, 1.165) is 0 Å². The molecule has 0 aromatic rings. The first-order chi connectivity index (χ1) is 8.43. The second kappa shape index (κ2) is 8.66. The molecule has 19 heavy (non-hydrogen) atoms. The topological polar surface area (TPSA) is 118 Å². The number of quaternary nitrogens is 1. The zero-order valence-corrected chi connectivity index (χ0v) is 11.1. The highest BCUT2D eigenvalue weighted by Crippen LogP contribution is 2.20. The van der Waals surface area contributed by atoms with Gasteiger partial charge in [-0.25, -0.2) is 8.42 Å². The van der Waals surface area contributed by atoms with Crippen LogP contribution < -0.4 is 0 Å². The zero-order valence-electron chi connectivity index (χ0n) is 10.3. The molecule has 118 valence electrons. The van der Waals surface area contributed by atoms with Crippen molar-refractivity contribution >= 4 is 10.1 Å². The van der Waals surface area contributed by atoms with E-state index in [4.69, 9.17) is 28.3 Å². The summed E-state index contributed by atoms with van der Waals surface area (Å²) in [6, 6.07) is 0. The van der Waals surface area contributed by atoms with Gasteiger partial charge >= 0.3 is 5.51 Å². The molecule has 0 aromatic heterocycles. The van der Waals surface area contributed by atoms with Crippen LogP contribution in [0.15, 0.2) is 0 Å². The van der Waals surface area contributed by atoms with Crippen LogP contribution in [-0.4, -0.2) is 84.8 Å². The van der Waals surface area contributed by atoms with Crippen molar-refractivity contribution in [3.05, 3.63) is 0 Å². The molecule has 0 aromatic carbocycles. The van der Waals surface area contributed by atoms with E-state index in [9.17, 15) is 13.2 Å². The minimum atomic E-state index is -6.09. The van der Waals surface area contributed by atoms with E-state index in [0.29, 0.717) is 24.1 Å². The molecule has 0 fully saturated rings. The van der Waals surface area contributed by atoms with Crippen molar-refractivity contribution in [2.75, 3.05) is 46.5 Å². The molecule has 7 nitrogen and oxygen atoms in total. The number of hydrogen-bond acceptors (Lipinski definition) is 6. The van der Waals surface area contributed by atoms with Gasteiger partial charge < -0.3 is 24.4 Å². The number of rotatable bonds is 6. The molecule has 0 rings (SSSR count). The van der Waals surface area contributed by atoms with Crippen LogP contribution in [0.1, 0.15) is 0 Å². The summed E-state index contributed by atoms with van der Waals surface area (Å²) in [5, 5.41) is 26.0. The van der Waals surface area contributed by atoms with E-state index < -0.39 is 15.6 Å². The van der Waals surface area contributed by atoms with Crippen molar-refractivity contribution in [2.45, 2.75) is 5.51 Å². The number of hydrogen-bond donors (Lipinski definition) is 3. The van der Waals surface area contributed by atoms with Crippen molar-refractivity contribution < 1.29 is 45.9 Å². The molecule has 0 spiro atoms. The van der Waals surface area contributed by atoms with Crippen LogP contribution in [-0.2, 0) is 10.1 Å². The lowest BCUT2D eigenvalue weighted by atomic mass is 10.4. The molecule has 0 radical (unpaired) electrons. The molecule has 0 saturated carbocycles. The number of halogens is 3. The highest BCUT2D eigenvalue weighted by atomic mass is 32.2. The molecular formula is C8H18F3NO6S. The molecule has 3 N–H and O–H groups in total. The third kappa shape index (κ3) is 10.0. The van der Waals surface area contributed by atoms with E-state index in [1.165, 1.54) is 0 Å². The molecule has 0 aliphatic heterocycles. The number of aliphatic hydroxyl groups is 3. The van der Waals surface area contributed by atoms with E-state index in [2.05, 4.69) is 0 Å². The largest absolute Gasteiger partial charge is 0.741 e. The van der Waals surface area contributed by atoms with E-state index >= 15 is 0 Å². The average molecular weight is 313 g/mol. The summed E-state index contributed by atoms with van der Waals surface area (Å²) >= 11 is 0. The first-order valence-corrected chi connectivity index (χ1v) is 6.52. The summed E-state index contributed by atoms with van der Waals surface area (Å²) in [5.74, 6) is 0. The Kier molecular flexibility index (Phi) is 9.50. The number of alkyl halides is 3. The van der Waals surface area contributed by atoms with E-state index in [1.54, 1.807) is 0 Å². The Morgan fingerprint density at radius 2 is 1.21 bits per heavy atom. The minimum absolute atomic E-state index is 0.0938. The second-order valence-electron chi connectivity index (χ2n) is 3.86. The third-order valence-electron chi connectivity index (χ3n) is 2.20. The maximum atomic E-state index is 10.7. The normalized spacial score (nSPS) is 12.8. The van der Waals surface area contributed by atoms with Gasteiger partial charge in [0, 0.05) is 0 Å². The van der Waals surface area contributed by atoms with Gasteiger partial charge in [0.05, 0.1) is 26.9 Å². The molecular weight excluding hydrogens is 295 g/mol. The molecule has 0 bridgehead atoms. The Morgan fingerprint density at radius 3 is 1.32 bits per heavy atom. The van der Waals surface area contributed by atoms with Crippen LogP contribution in [0.2, 0.25) is 0 Å². The lowest BCUT2D eigenvalue weighted by Crippen LogP contribution is -2.49. The first kappa shape index (κ1) is 20.8. The van der Waals surface area contributed by atoms with Gasteiger partial charge in [0.25, 0.3) is 0 Å². The number of aliphatic hydroxyl groups excluding tert-OH is 3. The summed E-state index contributed by atoms with van der Waals surface area (Å²) in [7, 11) is -4.18. The second-order valence-corrected chi connectivity index (χ2v) is 5.23. The Bertz CT molecular complexity index is 315. The zero-order chi connectivity index (χ0) is 15.7. The molecule has 0 atom stereocenters. The third-order valence-corrected chi connectivity index (χ3v) is 2.77. The lowest BCUT2D eigenvalue weighted by Gasteiger charge is -2.32. The number of likely N-dealkylation sites (N-methyl/N-ethyl adjacent to an activating group) is 1. The highest BCUT2D eigenvalue weighted by Gasteiger charge is 2.36. The van der Waals surface area contributed by atoms with Gasteiger partial charge in [0.1, 0.15) is 19.6 Å². The molecule has 0 saturated heterocycles. The van der Waals surface area contributed by atoms with Crippen molar-refractivity contribution in [3.63, 3.8) is 0 Å². The minimum Gasteiger partial charge on any atom is -0.741 e. The quantitative estimate of drug-likeness (QED) is 0.311.